The van der Waals surface area contributed by atoms with E-state index in [4.69, 9.17) is 10.5 Å². The van der Waals surface area contributed by atoms with Crippen molar-refractivity contribution in [3.63, 3.8) is 0 Å². The molecule has 0 spiro atoms. The summed E-state index contributed by atoms with van der Waals surface area (Å²) in [5, 5.41) is 12.6. The number of benzene rings is 2. The van der Waals surface area contributed by atoms with E-state index in [1.807, 2.05) is 6.07 Å². The van der Waals surface area contributed by atoms with Gasteiger partial charge in [-0.3, -0.25) is 0 Å². The van der Waals surface area contributed by atoms with E-state index in [2.05, 4.69) is 17.5 Å². The second kappa shape index (κ2) is 5.53. The van der Waals surface area contributed by atoms with Crippen LogP contribution in [0.25, 0.3) is 10.1 Å². The van der Waals surface area contributed by atoms with Crippen LogP contribution in [0.1, 0.15) is 11.1 Å². The first-order valence-electron chi connectivity index (χ1n) is 6.38. The highest BCUT2D eigenvalue weighted by molar-refractivity contribution is 7.17. The lowest BCUT2D eigenvalue weighted by Crippen LogP contribution is -1.97. The molecule has 102 valence electrons. The molecular formula is C16H15NO2S. The van der Waals surface area contributed by atoms with E-state index >= 15 is 0 Å². The first-order chi connectivity index (χ1) is 9.78. The predicted octanol–water partition coefficient (Wildman–Crippen LogP) is 3.64. The number of fused-ring (bicyclic) bond motifs is 1. The summed E-state index contributed by atoms with van der Waals surface area (Å²) in [5.41, 5.74) is 8.09. The molecule has 3 nitrogen and oxygen atoms in total. The monoisotopic (exact) mass is 285 g/mol. The van der Waals surface area contributed by atoms with Crippen molar-refractivity contribution in [3.05, 3.63) is 59.0 Å². The Balaban J connectivity index is 1.83. The van der Waals surface area contributed by atoms with Gasteiger partial charge in [-0.05, 0) is 40.6 Å². The Labute approximate surface area is 121 Å². The van der Waals surface area contributed by atoms with Crippen LogP contribution in [-0.4, -0.2) is 5.11 Å². The zero-order chi connectivity index (χ0) is 13.9. The Morgan fingerprint density at radius 1 is 1.05 bits per heavy atom. The molecule has 3 N–H and O–H groups in total. The Kier molecular flexibility index (Phi) is 3.58. The van der Waals surface area contributed by atoms with Gasteiger partial charge in [0, 0.05) is 16.8 Å². The van der Waals surface area contributed by atoms with Crippen LogP contribution in [0.4, 0.5) is 0 Å². The second-order valence-electron chi connectivity index (χ2n) is 4.54. The topological polar surface area (TPSA) is 55.5 Å². The molecule has 0 aliphatic rings. The van der Waals surface area contributed by atoms with Crippen LogP contribution in [0.2, 0.25) is 0 Å². The van der Waals surface area contributed by atoms with E-state index in [9.17, 15) is 5.11 Å². The predicted molar refractivity (Wildman–Crippen MR) is 82.2 cm³/mol. The molecule has 0 aliphatic carbocycles. The van der Waals surface area contributed by atoms with E-state index in [1.165, 1.54) is 15.6 Å². The molecule has 2 aromatic carbocycles. The van der Waals surface area contributed by atoms with Gasteiger partial charge in [0.2, 0.25) is 0 Å². The van der Waals surface area contributed by atoms with E-state index < -0.39 is 0 Å². The molecule has 0 atom stereocenters. The standard InChI is InChI=1S/C16H15NO2S/c17-8-11-2-1-3-15-12(10-20-16(11)15)9-19-14-6-4-13(18)5-7-14/h1-7,10,18H,8-9,17H2. The van der Waals surface area contributed by atoms with Crippen molar-refractivity contribution in [3.8, 4) is 11.5 Å². The normalized spacial score (nSPS) is 10.8. The molecule has 0 unspecified atom stereocenters. The summed E-state index contributed by atoms with van der Waals surface area (Å²) in [6, 6.07) is 12.9. The highest BCUT2D eigenvalue weighted by Crippen LogP contribution is 2.30. The molecule has 0 fully saturated rings. The molecule has 3 rings (SSSR count). The first-order valence-corrected chi connectivity index (χ1v) is 7.26. The van der Waals surface area contributed by atoms with Crippen molar-refractivity contribution in [2.45, 2.75) is 13.2 Å². The zero-order valence-electron chi connectivity index (χ0n) is 10.9. The average molecular weight is 285 g/mol. The molecule has 0 saturated heterocycles. The third-order valence-electron chi connectivity index (χ3n) is 3.21. The minimum absolute atomic E-state index is 0.242. The van der Waals surface area contributed by atoms with Gasteiger partial charge in [0.15, 0.2) is 0 Å². The van der Waals surface area contributed by atoms with Gasteiger partial charge >= 0.3 is 0 Å². The van der Waals surface area contributed by atoms with Crippen molar-refractivity contribution in [1.29, 1.82) is 0 Å². The quantitative estimate of drug-likeness (QED) is 0.769. The first kappa shape index (κ1) is 13.0. The Hall–Kier alpha value is -2.04. The van der Waals surface area contributed by atoms with Gasteiger partial charge in [-0.15, -0.1) is 11.3 Å². The number of hydrogen-bond donors (Lipinski definition) is 2. The van der Waals surface area contributed by atoms with Crippen molar-refractivity contribution >= 4 is 21.4 Å². The zero-order valence-corrected chi connectivity index (χ0v) is 11.7. The SMILES string of the molecule is NCc1cccc2c(COc3ccc(O)cc3)csc12. The number of rotatable bonds is 4. The van der Waals surface area contributed by atoms with Gasteiger partial charge in [-0.1, -0.05) is 18.2 Å². The van der Waals surface area contributed by atoms with Crippen LogP contribution in [0.5, 0.6) is 11.5 Å². The molecular weight excluding hydrogens is 270 g/mol. The number of nitrogens with two attached hydrogens (primary N) is 1. The molecule has 4 heteroatoms. The van der Waals surface area contributed by atoms with Gasteiger partial charge in [0.05, 0.1) is 0 Å². The number of hydrogen-bond acceptors (Lipinski definition) is 4. The van der Waals surface area contributed by atoms with E-state index in [-0.39, 0.29) is 5.75 Å². The highest BCUT2D eigenvalue weighted by Gasteiger charge is 2.07. The summed E-state index contributed by atoms with van der Waals surface area (Å²) in [6.45, 7) is 1.06. The molecule has 0 aliphatic heterocycles. The van der Waals surface area contributed by atoms with Crippen LogP contribution >= 0.6 is 11.3 Å². The van der Waals surface area contributed by atoms with Crippen LogP contribution in [0.3, 0.4) is 0 Å². The fourth-order valence-corrected chi connectivity index (χ4v) is 3.23. The maximum atomic E-state index is 9.24. The van der Waals surface area contributed by atoms with Crippen LogP contribution in [-0.2, 0) is 13.2 Å². The molecule has 0 saturated carbocycles. The third kappa shape index (κ3) is 2.48. The number of aromatic hydroxyl groups is 1. The van der Waals surface area contributed by atoms with E-state index in [0.717, 1.165) is 11.3 Å². The summed E-state index contributed by atoms with van der Waals surface area (Å²) in [7, 11) is 0. The third-order valence-corrected chi connectivity index (χ3v) is 4.33. The van der Waals surface area contributed by atoms with Gasteiger partial charge < -0.3 is 15.6 Å². The summed E-state index contributed by atoms with van der Waals surface area (Å²) in [5.74, 6) is 0.989. The number of phenolic OH excluding ortho intramolecular Hbond substituents is 1. The van der Waals surface area contributed by atoms with E-state index in [0.29, 0.717) is 13.2 Å². The van der Waals surface area contributed by atoms with Gasteiger partial charge in [-0.25, -0.2) is 0 Å². The maximum Gasteiger partial charge on any atom is 0.120 e. The van der Waals surface area contributed by atoms with Crippen LogP contribution in [0.15, 0.2) is 47.8 Å². The fraction of sp³-hybridized carbons (Fsp3) is 0.125. The number of phenols is 1. The largest absolute Gasteiger partial charge is 0.508 e. The van der Waals surface area contributed by atoms with Crippen LogP contribution < -0.4 is 10.5 Å². The van der Waals surface area contributed by atoms with Gasteiger partial charge in [0.1, 0.15) is 18.1 Å². The molecule has 1 aromatic heterocycles. The summed E-state index contributed by atoms with van der Waals surface area (Å²) < 4.78 is 6.99. The average Bonchev–Trinajstić information content (AvgIpc) is 2.90. The second-order valence-corrected chi connectivity index (χ2v) is 5.42. The molecule has 0 radical (unpaired) electrons. The summed E-state index contributed by atoms with van der Waals surface area (Å²) in [4.78, 5) is 0. The van der Waals surface area contributed by atoms with Gasteiger partial charge in [0.25, 0.3) is 0 Å². The Morgan fingerprint density at radius 3 is 2.60 bits per heavy atom. The molecule has 0 amide bonds. The lowest BCUT2D eigenvalue weighted by Gasteiger charge is -2.06. The molecule has 20 heavy (non-hydrogen) atoms. The summed E-state index contributed by atoms with van der Waals surface area (Å²) >= 11 is 1.70. The van der Waals surface area contributed by atoms with E-state index in [1.54, 1.807) is 35.6 Å². The van der Waals surface area contributed by atoms with Crippen molar-refractivity contribution in [2.24, 2.45) is 5.73 Å². The Bertz CT molecular complexity index is 719. The minimum Gasteiger partial charge on any atom is -0.508 e. The van der Waals surface area contributed by atoms with Crippen molar-refractivity contribution in [1.82, 2.24) is 0 Å². The number of thiophene rings is 1. The molecule has 3 aromatic rings. The summed E-state index contributed by atoms with van der Waals surface area (Å²) in [6.07, 6.45) is 0. The van der Waals surface area contributed by atoms with Gasteiger partial charge in [-0.2, -0.15) is 0 Å². The minimum atomic E-state index is 0.242. The lowest BCUT2D eigenvalue weighted by molar-refractivity contribution is 0.307. The lowest BCUT2D eigenvalue weighted by atomic mass is 10.1. The smallest absolute Gasteiger partial charge is 0.120 e. The molecule has 0 bridgehead atoms. The van der Waals surface area contributed by atoms with Crippen molar-refractivity contribution < 1.29 is 9.84 Å². The fourth-order valence-electron chi connectivity index (χ4n) is 2.15. The number of ether oxygens (including phenoxy) is 1. The Morgan fingerprint density at radius 2 is 1.85 bits per heavy atom. The van der Waals surface area contributed by atoms with Crippen molar-refractivity contribution in [2.75, 3.05) is 0 Å². The molecule has 1 heterocycles. The highest BCUT2D eigenvalue weighted by atomic mass is 32.1. The maximum absolute atomic E-state index is 9.24. The van der Waals surface area contributed by atoms with Crippen LogP contribution in [0, 0.1) is 0 Å².